The van der Waals surface area contributed by atoms with E-state index in [-0.39, 0.29) is 22.6 Å². The summed E-state index contributed by atoms with van der Waals surface area (Å²) in [5.74, 6) is -57.4. The fourth-order valence-corrected chi connectivity index (χ4v) is 10.9. The molecule has 0 unspecified atom stereocenters. The standard InChI is InChI=1S/C39H45F17N2O8Si/c1-21(2)67(22(3)4,19-16-32(40,41)33(42,43)34(44,45)35(46,47)36(48,49)37(50,51)38(52,53)39(54,55)56)65-18-17-64-27-12-8-24(9-13-27)29(28(63-7)20-23(5)30(59)58-61)66-31(60)57-25-10-14-26(62-6)15-11-25/h8-15,20-22,28-29,61H,16-19H2,1-7H3,(H,57,60)(H,58,59)/b23-20+/t28-,29-/m0/s1. The summed E-state index contributed by atoms with van der Waals surface area (Å²) < 4.78 is 264. The number of hydroxylamine groups is 1. The monoisotopic (exact) mass is 1020 g/mol. The summed E-state index contributed by atoms with van der Waals surface area (Å²) in [5, 5.41) is 11.5. The largest absolute Gasteiger partial charge is 0.497 e. The zero-order valence-corrected chi connectivity index (χ0v) is 37.1. The van der Waals surface area contributed by atoms with Crippen LogP contribution in [-0.2, 0) is 18.7 Å². The van der Waals surface area contributed by atoms with Crippen LogP contribution < -0.4 is 20.3 Å². The van der Waals surface area contributed by atoms with Gasteiger partial charge in [0.15, 0.2) is 14.4 Å². The van der Waals surface area contributed by atoms with Crippen LogP contribution in [0.4, 0.5) is 85.1 Å². The molecule has 2 aromatic rings. The van der Waals surface area contributed by atoms with Gasteiger partial charge in [-0.3, -0.25) is 15.3 Å². The first-order valence-corrected chi connectivity index (χ1v) is 21.5. The van der Waals surface area contributed by atoms with Gasteiger partial charge in [-0.05, 0) is 72.1 Å². The number of hydrogen-bond acceptors (Lipinski definition) is 8. The summed E-state index contributed by atoms with van der Waals surface area (Å²) in [5.41, 5.74) is 0.0338. The van der Waals surface area contributed by atoms with E-state index in [2.05, 4.69) is 5.32 Å². The number of benzene rings is 2. The number of halogens is 17. The molecule has 0 saturated carbocycles. The Hall–Kier alpha value is -4.57. The Morgan fingerprint density at radius 1 is 0.672 bits per heavy atom. The number of alkyl halides is 17. The molecule has 2 aromatic carbocycles. The third-order valence-corrected chi connectivity index (χ3v) is 16.2. The second kappa shape index (κ2) is 21.4. The number of nitrogens with one attached hydrogen (secondary N) is 2. The molecule has 382 valence electrons. The van der Waals surface area contributed by atoms with Crippen molar-refractivity contribution in [1.82, 2.24) is 5.48 Å². The Bertz CT molecular complexity index is 1980. The van der Waals surface area contributed by atoms with Gasteiger partial charge in [0.1, 0.15) is 24.2 Å². The number of amides is 2. The molecule has 0 radical (unpaired) electrons. The van der Waals surface area contributed by atoms with E-state index in [1.807, 2.05) is 0 Å². The van der Waals surface area contributed by atoms with Crippen molar-refractivity contribution in [2.45, 2.75) is 118 Å². The van der Waals surface area contributed by atoms with Gasteiger partial charge in [-0.2, -0.15) is 74.6 Å². The first-order chi connectivity index (χ1) is 30.4. The third kappa shape index (κ3) is 11.8. The normalized spacial score (nSPS) is 15.1. The predicted molar refractivity (Wildman–Crippen MR) is 204 cm³/mol. The predicted octanol–water partition coefficient (Wildman–Crippen LogP) is 12.0. The second-order valence-electron chi connectivity index (χ2n) is 15.3. The van der Waals surface area contributed by atoms with Gasteiger partial charge in [0.2, 0.25) is 0 Å². The highest BCUT2D eigenvalue weighted by atomic mass is 28.4. The molecule has 67 heavy (non-hydrogen) atoms. The van der Waals surface area contributed by atoms with Gasteiger partial charge in [0.25, 0.3) is 5.91 Å². The Kier molecular flexibility index (Phi) is 18.7. The van der Waals surface area contributed by atoms with Crippen LogP contribution in [0, 0.1) is 0 Å². The number of methoxy groups -OCH3 is 2. The van der Waals surface area contributed by atoms with Crippen molar-refractivity contribution in [3.63, 3.8) is 0 Å². The molecule has 0 fully saturated rings. The van der Waals surface area contributed by atoms with E-state index in [9.17, 15) is 75.4 Å². The number of carbonyl (C=O) groups excluding carboxylic acids is 2. The molecule has 0 aliphatic heterocycles. The highest BCUT2D eigenvalue weighted by molar-refractivity contribution is 6.76. The van der Waals surface area contributed by atoms with Crippen molar-refractivity contribution in [3.8, 4) is 11.5 Å². The Morgan fingerprint density at radius 2 is 1.13 bits per heavy atom. The maximum absolute atomic E-state index is 15.0. The molecule has 0 saturated heterocycles. The van der Waals surface area contributed by atoms with E-state index in [0.29, 0.717) is 5.75 Å². The van der Waals surface area contributed by atoms with E-state index in [1.54, 1.807) is 0 Å². The lowest BCUT2D eigenvalue weighted by Crippen LogP contribution is -2.74. The molecular weight excluding hydrogens is 975 g/mol. The summed E-state index contributed by atoms with van der Waals surface area (Å²) >= 11 is 0. The molecule has 10 nitrogen and oxygen atoms in total. The summed E-state index contributed by atoms with van der Waals surface area (Å²) in [4.78, 5) is 25.0. The van der Waals surface area contributed by atoms with E-state index in [0.717, 1.165) is 0 Å². The summed E-state index contributed by atoms with van der Waals surface area (Å²) in [6.45, 7) is 5.44. The molecule has 0 heterocycles. The quantitative estimate of drug-likeness (QED) is 0.0237. The second-order valence-corrected chi connectivity index (χ2v) is 20.4. The number of carbonyl (C=O) groups is 2. The Balaban J connectivity index is 2.34. The van der Waals surface area contributed by atoms with Gasteiger partial charge in [-0.15, -0.1) is 0 Å². The number of rotatable bonds is 24. The van der Waals surface area contributed by atoms with Crippen molar-refractivity contribution in [1.29, 1.82) is 0 Å². The average Bonchev–Trinajstić information content (AvgIpc) is 3.23. The van der Waals surface area contributed by atoms with Gasteiger partial charge in [0, 0.05) is 24.8 Å². The minimum Gasteiger partial charge on any atom is -0.497 e. The van der Waals surface area contributed by atoms with Crippen LogP contribution in [0.25, 0.3) is 0 Å². The van der Waals surface area contributed by atoms with E-state index >= 15 is 8.78 Å². The molecule has 2 atom stereocenters. The first-order valence-electron chi connectivity index (χ1n) is 19.3. The van der Waals surface area contributed by atoms with E-state index in [4.69, 9.17) is 28.6 Å². The number of ether oxygens (including phenoxy) is 4. The topological polar surface area (TPSA) is 125 Å². The molecular formula is C39H45F17N2O8Si. The summed E-state index contributed by atoms with van der Waals surface area (Å²) in [6, 6.07) is 10.1. The van der Waals surface area contributed by atoms with Crippen molar-refractivity contribution in [2.75, 3.05) is 32.8 Å². The smallest absolute Gasteiger partial charge is 0.460 e. The van der Waals surface area contributed by atoms with Crippen LogP contribution in [0.15, 0.2) is 60.2 Å². The lowest BCUT2D eigenvalue weighted by molar-refractivity contribution is -0.461. The van der Waals surface area contributed by atoms with Gasteiger partial charge in [-0.1, -0.05) is 39.8 Å². The van der Waals surface area contributed by atoms with Gasteiger partial charge in [-0.25, -0.2) is 10.3 Å². The third-order valence-electron chi connectivity index (χ3n) is 10.5. The van der Waals surface area contributed by atoms with Gasteiger partial charge < -0.3 is 23.4 Å². The Morgan fingerprint density at radius 3 is 1.57 bits per heavy atom. The lowest BCUT2D eigenvalue weighted by atomic mass is 9.88. The molecule has 0 spiro atoms. The maximum atomic E-state index is 15.0. The van der Waals surface area contributed by atoms with Crippen LogP contribution in [0.2, 0.25) is 17.1 Å². The fraction of sp³-hybridized carbons (Fsp3) is 0.590. The fourth-order valence-electron chi connectivity index (χ4n) is 6.45. The van der Waals surface area contributed by atoms with Crippen molar-refractivity contribution in [3.05, 3.63) is 65.7 Å². The van der Waals surface area contributed by atoms with Gasteiger partial charge in [0.05, 0.1) is 13.7 Å². The molecule has 0 bridgehead atoms. The lowest BCUT2D eigenvalue weighted by Gasteiger charge is -2.44. The molecule has 2 amide bonds. The van der Waals surface area contributed by atoms with Gasteiger partial charge >= 0.3 is 53.7 Å². The molecule has 28 heteroatoms. The first kappa shape index (κ1) is 58.6. The summed E-state index contributed by atoms with van der Waals surface area (Å²) in [6.07, 6.45) is -12.7. The molecule has 0 aliphatic rings. The van der Waals surface area contributed by atoms with Crippen molar-refractivity contribution >= 4 is 26.0 Å². The van der Waals surface area contributed by atoms with Crippen molar-refractivity contribution in [2.24, 2.45) is 0 Å². The Labute approximate surface area is 372 Å². The SMILES string of the molecule is COc1ccc(NC(=O)O[C@@H](c2ccc(OCCO[Si](CCC(F)(F)C(F)(F)C(F)(F)C(F)(F)C(F)(F)C(F)(F)C(F)(F)C(F)(F)F)(C(C)C)C(C)C)cc2)[C@H](/C=C(\C)C(=O)NO)OC)cc1. The van der Waals surface area contributed by atoms with Crippen molar-refractivity contribution < 1.29 is 113 Å². The van der Waals surface area contributed by atoms with E-state index < -0.39 is 117 Å². The minimum atomic E-state index is -8.72. The average molecular weight is 1020 g/mol. The number of hydrogen-bond donors (Lipinski definition) is 3. The van der Waals surface area contributed by atoms with Crippen LogP contribution in [0.3, 0.4) is 0 Å². The zero-order valence-electron chi connectivity index (χ0n) is 36.1. The van der Waals surface area contributed by atoms with Crippen LogP contribution >= 0.6 is 0 Å². The molecule has 0 aromatic heterocycles. The van der Waals surface area contributed by atoms with E-state index in [1.165, 1.54) is 109 Å². The molecule has 0 aliphatic carbocycles. The van der Waals surface area contributed by atoms with Crippen LogP contribution in [-0.4, -0.2) is 107 Å². The molecule has 2 rings (SSSR count). The van der Waals surface area contributed by atoms with Crippen LogP contribution in [0.5, 0.6) is 11.5 Å². The highest BCUT2D eigenvalue weighted by Crippen LogP contribution is 2.64. The van der Waals surface area contributed by atoms with Crippen LogP contribution in [0.1, 0.15) is 52.7 Å². The number of anilines is 1. The zero-order chi connectivity index (χ0) is 52.0. The molecule has 3 N–H and O–H groups in total. The highest BCUT2D eigenvalue weighted by Gasteiger charge is 2.95. The minimum absolute atomic E-state index is 0.0419. The maximum Gasteiger partial charge on any atom is 0.460 e. The summed E-state index contributed by atoms with van der Waals surface area (Å²) in [7, 11) is -1.42.